The average molecular weight is 585 g/mol. The van der Waals surface area contributed by atoms with Gasteiger partial charge >= 0.3 is 5.97 Å². The fourth-order valence-corrected chi connectivity index (χ4v) is 11.9. The predicted octanol–water partition coefficient (Wildman–Crippen LogP) is 9.55. The highest BCUT2D eigenvalue weighted by Gasteiger charge is 2.69. The van der Waals surface area contributed by atoms with Crippen molar-refractivity contribution in [3.63, 3.8) is 0 Å². The van der Waals surface area contributed by atoms with Crippen LogP contribution in [0, 0.1) is 62.6 Å². The molecule has 0 bridgehead atoms. The molecule has 5 aliphatic rings. The number of rotatable bonds is 5. The zero-order valence-electron chi connectivity index (χ0n) is 28.1. The molecule has 0 aliphatic heterocycles. The van der Waals surface area contributed by atoms with Gasteiger partial charge in [-0.2, -0.15) is 0 Å². The lowest BCUT2D eigenvalue weighted by molar-refractivity contribution is -0.212. The van der Waals surface area contributed by atoms with Crippen molar-refractivity contribution in [3.8, 4) is 12.3 Å². The van der Waals surface area contributed by atoms with Crippen LogP contribution in [0.4, 0.5) is 0 Å². The molecule has 1 aromatic rings. The van der Waals surface area contributed by atoms with E-state index in [0.717, 1.165) is 50.5 Å². The van der Waals surface area contributed by atoms with Crippen LogP contribution in [0.5, 0.6) is 0 Å². The molecule has 234 valence electrons. The quantitative estimate of drug-likeness (QED) is 0.196. The van der Waals surface area contributed by atoms with Crippen LogP contribution >= 0.6 is 0 Å². The van der Waals surface area contributed by atoms with Gasteiger partial charge in [0, 0.05) is 0 Å². The summed E-state index contributed by atoms with van der Waals surface area (Å²) in [6.45, 7) is 18.4. The van der Waals surface area contributed by atoms with Crippen molar-refractivity contribution in [1.82, 2.24) is 0 Å². The molecule has 0 saturated heterocycles. The predicted molar refractivity (Wildman–Crippen MR) is 174 cm³/mol. The number of allylic oxidation sites excluding steroid dienone is 2. The van der Waals surface area contributed by atoms with E-state index < -0.39 is 5.41 Å². The van der Waals surface area contributed by atoms with Crippen LogP contribution in [0.15, 0.2) is 42.0 Å². The molecule has 0 spiro atoms. The van der Waals surface area contributed by atoms with Crippen LogP contribution < -0.4 is 0 Å². The fourth-order valence-electron chi connectivity index (χ4n) is 11.9. The molecule has 0 aromatic heterocycles. The van der Waals surface area contributed by atoms with Crippen molar-refractivity contribution in [2.24, 2.45) is 50.2 Å². The van der Waals surface area contributed by atoms with Crippen LogP contribution in [-0.4, -0.2) is 18.7 Å². The molecule has 0 amide bonds. The van der Waals surface area contributed by atoms with Crippen LogP contribution in [0.25, 0.3) is 0 Å². The molecule has 43 heavy (non-hydrogen) atoms. The monoisotopic (exact) mass is 584 g/mol. The summed E-state index contributed by atoms with van der Waals surface area (Å²) >= 11 is 0. The third-order valence-corrected chi connectivity index (χ3v) is 14.6. The van der Waals surface area contributed by atoms with Crippen LogP contribution in [0.3, 0.4) is 0 Å². The molecular weight excluding hydrogens is 528 g/mol. The van der Waals surface area contributed by atoms with Crippen molar-refractivity contribution in [3.05, 3.63) is 47.5 Å². The van der Waals surface area contributed by atoms with Gasteiger partial charge in [0.05, 0.1) is 11.5 Å². The number of benzene rings is 1. The number of carbonyl (C=O) groups excluding carboxylic acids is 1. The second-order valence-electron chi connectivity index (χ2n) is 17.3. The second-order valence-corrected chi connectivity index (χ2v) is 17.3. The van der Waals surface area contributed by atoms with E-state index in [9.17, 15) is 4.79 Å². The number of hydrogen-bond acceptors (Lipinski definition) is 3. The molecular formula is C40H56O3. The Hall–Kier alpha value is -2.05. The Balaban J connectivity index is 1.33. The maximum absolute atomic E-state index is 14.2. The van der Waals surface area contributed by atoms with Crippen molar-refractivity contribution in [1.29, 1.82) is 0 Å². The number of carbonyl (C=O) groups is 1. The summed E-state index contributed by atoms with van der Waals surface area (Å²) in [6.07, 6.45) is 19.6. The number of hydrogen-bond donors (Lipinski definition) is 0. The van der Waals surface area contributed by atoms with Gasteiger partial charge in [0.2, 0.25) is 0 Å². The van der Waals surface area contributed by atoms with Gasteiger partial charge in [-0.15, -0.1) is 6.42 Å². The highest BCUT2D eigenvalue weighted by molar-refractivity contribution is 5.79. The molecule has 2 unspecified atom stereocenters. The van der Waals surface area contributed by atoms with Crippen molar-refractivity contribution < 1.29 is 14.3 Å². The summed E-state index contributed by atoms with van der Waals surface area (Å²) in [5.74, 6) is 4.29. The molecule has 3 heteroatoms. The molecule has 1 aromatic carbocycles. The van der Waals surface area contributed by atoms with Gasteiger partial charge in [-0.1, -0.05) is 96.4 Å². The minimum absolute atomic E-state index is 0.0507. The topological polar surface area (TPSA) is 35.5 Å². The molecule has 8 atom stereocenters. The Morgan fingerprint density at radius 2 is 1.63 bits per heavy atom. The highest BCUT2D eigenvalue weighted by Crippen LogP contribution is 2.76. The molecule has 5 aliphatic carbocycles. The molecule has 3 nitrogen and oxygen atoms in total. The second kappa shape index (κ2) is 10.5. The lowest BCUT2D eigenvalue weighted by Gasteiger charge is -2.71. The number of esters is 1. The van der Waals surface area contributed by atoms with E-state index in [1.807, 2.05) is 18.2 Å². The first-order valence-corrected chi connectivity index (χ1v) is 17.2. The maximum Gasteiger partial charge on any atom is 0.313 e. The first-order chi connectivity index (χ1) is 20.2. The SMILES string of the molecule is C#CCO[C@H]1CC[C@@]2(C)C(CC[C@]3(C)C2CC=C2[C@@H]4CC(C)(C)CC[C@]4(C(=O)OCc4ccccc4)CC[C@]23C)C1(C)C. The first kappa shape index (κ1) is 31.0. The maximum atomic E-state index is 14.2. The van der Waals surface area contributed by atoms with E-state index in [2.05, 4.69) is 72.6 Å². The van der Waals surface area contributed by atoms with Crippen molar-refractivity contribution >= 4 is 5.97 Å². The standard InChI is InChI=1S/C40H56O3/c1-9-25-42-33-18-19-37(6)31(36(33,4)5)17-20-39(8)32(37)16-15-29-30-26-35(2,3)21-23-40(30,24-22-38(29,39)7)34(41)43-27-28-13-11-10-12-14-28/h1,10-15,30-33H,16-27H2,2-8H3/t30-,31?,32?,33-,37-,38+,39+,40-/m0/s1. The Bertz CT molecular complexity index is 1300. The molecule has 0 N–H and O–H groups in total. The third kappa shape index (κ3) is 4.59. The smallest absolute Gasteiger partial charge is 0.313 e. The molecule has 6 rings (SSSR count). The lowest BCUT2D eigenvalue weighted by atomic mass is 9.33. The van der Waals surface area contributed by atoms with Crippen LogP contribution in [0.2, 0.25) is 0 Å². The zero-order chi connectivity index (χ0) is 30.9. The Morgan fingerprint density at radius 3 is 2.35 bits per heavy atom. The number of fused-ring (bicyclic) bond motifs is 7. The van der Waals surface area contributed by atoms with Gasteiger partial charge < -0.3 is 9.47 Å². The summed E-state index contributed by atoms with van der Waals surface area (Å²) in [4.78, 5) is 14.2. The lowest BCUT2D eigenvalue weighted by Crippen LogP contribution is -2.65. The van der Waals surface area contributed by atoms with Gasteiger partial charge in [0.25, 0.3) is 0 Å². The van der Waals surface area contributed by atoms with Crippen molar-refractivity contribution in [2.75, 3.05) is 6.61 Å². The summed E-state index contributed by atoms with van der Waals surface area (Å²) < 4.78 is 12.5. The van der Waals surface area contributed by atoms with E-state index >= 15 is 0 Å². The van der Waals surface area contributed by atoms with Crippen molar-refractivity contribution in [2.45, 2.75) is 125 Å². The Morgan fingerprint density at radius 1 is 0.907 bits per heavy atom. The molecule has 0 heterocycles. The van der Waals surface area contributed by atoms with Gasteiger partial charge in [0.1, 0.15) is 13.2 Å². The van der Waals surface area contributed by atoms with Crippen LogP contribution in [-0.2, 0) is 20.9 Å². The van der Waals surface area contributed by atoms with Gasteiger partial charge in [-0.3, -0.25) is 4.79 Å². The highest BCUT2D eigenvalue weighted by atomic mass is 16.5. The largest absolute Gasteiger partial charge is 0.460 e. The normalized spacial score (nSPS) is 42.6. The minimum Gasteiger partial charge on any atom is -0.460 e. The molecule has 0 radical (unpaired) electrons. The summed E-state index contributed by atoms with van der Waals surface area (Å²) in [7, 11) is 0. The average Bonchev–Trinajstić information content (AvgIpc) is 2.96. The molecule has 4 saturated carbocycles. The third-order valence-electron chi connectivity index (χ3n) is 14.6. The summed E-state index contributed by atoms with van der Waals surface area (Å²) in [5.41, 5.74) is 3.21. The summed E-state index contributed by atoms with van der Waals surface area (Å²) in [5, 5.41) is 0. The van der Waals surface area contributed by atoms with E-state index in [4.69, 9.17) is 15.9 Å². The molecule has 4 fully saturated rings. The minimum atomic E-state index is -0.394. The van der Waals surface area contributed by atoms with E-state index in [1.165, 1.54) is 19.3 Å². The number of ether oxygens (including phenoxy) is 2. The van der Waals surface area contributed by atoms with E-state index in [1.54, 1.807) is 5.57 Å². The van der Waals surface area contributed by atoms with Gasteiger partial charge in [-0.25, -0.2) is 0 Å². The Kier molecular flexibility index (Phi) is 7.56. The van der Waals surface area contributed by atoms with Gasteiger partial charge in [0.15, 0.2) is 0 Å². The fraction of sp³-hybridized carbons (Fsp3) is 0.725. The first-order valence-electron chi connectivity index (χ1n) is 17.2. The van der Waals surface area contributed by atoms with Gasteiger partial charge in [-0.05, 0) is 115 Å². The zero-order valence-corrected chi connectivity index (χ0v) is 28.1. The van der Waals surface area contributed by atoms with E-state index in [0.29, 0.717) is 25.0 Å². The Labute approximate surface area is 262 Å². The van der Waals surface area contributed by atoms with E-state index in [-0.39, 0.29) is 45.1 Å². The van der Waals surface area contributed by atoms with Crippen LogP contribution in [0.1, 0.15) is 118 Å². The number of terminal acetylenes is 1. The summed E-state index contributed by atoms with van der Waals surface area (Å²) in [6, 6.07) is 10.2.